The molecule has 0 radical (unpaired) electrons. The van der Waals surface area contributed by atoms with Crippen LogP contribution in [-0.2, 0) is 10.0 Å². The van der Waals surface area contributed by atoms with Crippen molar-refractivity contribution in [2.45, 2.75) is 25.0 Å². The smallest absolute Gasteiger partial charge is 0.273 e. The van der Waals surface area contributed by atoms with Crippen LogP contribution in [0.3, 0.4) is 0 Å². The molecular weight excluding hydrogens is 488 g/mol. The molecule has 5 rings (SSSR count). The summed E-state index contributed by atoms with van der Waals surface area (Å²) in [6, 6.07) is 6.38. The van der Waals surface area contributed by atoms with E-state index in [4.69, 9.17) is 0 Å². The Morgan fingerprint density at radius 1 is 1.19 bits per heavy atom. The molecule has 0 aliphatic heterocycles. The minimum atomic E-state index is -4.04. The maximum Gasteiger partial charge on any atom is 0.273 e. The third-order valence-electron chi connectivity index (χ3n) is 6.53. The van der Waals surface area contributed by atoms with Crippen LogP contribution in [0.4, 0.5) is 20.3 Å². The fourth-order valence-electron chi connectivity index (χ4n) is 4.25. The topological polar surface area (TPSA) is 110 Å². The lowest BCUT2D eigenvalue weighted by Gasteiger charge is -2.33. The van der Waals surface area contributed by atoms with Gasteiger partial charge in [-0.1, -0.05) is 12.2 Å². The Hall–Kier alpha value is -4.12. The van der Waals surface area contributed by atoms with Gasteiger partial charge in [-0.15, -0.1) is 0 Å². The van der Waals surface area contributed by atoms with Crippen molar-refractivity contribution in [3.05, 3.63) is 101 Å². The summed E-state index contributed by atoms with van der Waals surface area (Å²) in [4.78, 5) is 23.2. The number of nitrogens with one attached hydrogen (secondary N) is 2. The summed E-state index contributed by atoms with van der Waals surface area (Å²) in [6.07, 6.45) is 9.23. The van der Waals surface area contributed by atoms with Crippen LogP contribution in [0.25, 0.3) is 16.5 Å². The van der Waals surface area contributed by atoms with Crippen LogP contribution in [0.5, 0.6) is 0 Å². The summed E-state index contributed by atoms with van der Waals surface area (Å²) in [7, 11) is -4.04. The summed E-state index contributed by atoms with van der Waals surface area (Å²) in [6.45, 7) is 3.32. The summed E-state index contributed by atoms with van der Waals surface area (Å²) < 4.78 is 54.8. The maximum absolute atomic E-state index is 14.2. The molecule has 1 unspecified atom stereocenters. The first-order chi connectivity index (χ1) is 17.1. The van der Waals surface area contributed by atoms with Gasteiger partial charge in [0.25, 0.3) is 5.56 Å². The van der Waals surface area contributed by atoms with Crippen LogP contribution in [0.15, 0.2) is 77.8 Å². The lowest BCUT2D eigenvalue weighted by atomic mass is 9.88. The quantitative estimate of drug-likeness (QED) is 0.410. The van der Waals surface area contributed by atoms with Crippen molar-refractivity contribution < 1.29 is 17.2 Å². The molecule has 0 saturated heterocycles. The minimum absolute atomic E-state index is 0.0329. The Bertz CT molecular complexity index is 1740. The molecule has 3 aromatic heterocycles. The fourth-order valence-corrected chi connectivity index (χ4v) is 6.10. The second-order valence-corrected chi connectivity index (χ2v) is 10.9. The standard InChI is InChI=1S/C25H21F2N5O3S/c1-15-11-17(19-13-28-14-30-23(19)31-21-4-3-18(26)12-20(21)27)5-8-25(15,2)36(34,35)32-10-7-16-6-9-29-24(33)22(16)32/h3-7,9-14H,8H2,1-2H3,(H,29,33)(H,28,30,31). The zero-order chi connectivity index (χ0) is 25.7. The maximum atomic E-state index is 14.2. The number of allylic oxidation sites excluding steroid dienone is 3. The van der Waals surface area contributed by atoms with Gasteiger partial charge >= 0.3 is 0 Å². The number of benzene rings is 1. The highest BCUT2D eigenvalue weighted by atomic mass is 32.2. The first kappa shape index (κ1) is 23.6. The lowest BCUT2D eigenvalue weighted by molar-refractivity contribution is 0.547. The molecule has 36 heavy (non-hydrogen) atoms. The van der Waals surface area contributed by atoms with Gasteiger partial charge in [-0.3, -0.25) is 4.79 Å². The number of fused-ring (bicyclic) bond motifs is 1. The Morgan fingerprint density at radius 3 is 2.75 bits per heavy atom. The average molecular weight is 510 g/mol. The first-order valence-electron chi connectivity index (χ1n) is 11.0. The fraction of sp³-hybridized carbons (Fsp3) is 0.160. The predicted octanol–water partition coefficient (Wildman–Crippen LogP) is 4.51. The van der Waals surface area contributed by atoms with Gasteiger partial charge in [0.1, 0.15) is 34.0 Å². The van der Waals surface area contributed by atoms with E-state index in [1.165, 1.54) is 31.0 Å². The summed E-state index contributed by atoms with van der Waals surface area (Å²) in [5.41, 5.74) is 1.29. The molecule has 0 amide bonds. The summed E-state index contributed by atoms with van der Waals surface area (Å²) in [5.74, 6) is -1.20. The molecule has 3 heterocycles. The molecule has 0 spiro atoms. The van der Waals surface area contributed by atoms with E-state index in [1.54, 1.807) is 38.1 Å². The van der Waals surface area contributed by atoms with Crippen LogP contribution < -0.4 is 10.9 Å². The number of halogens is 2. The van der Waals surface area contributed by atoms with Gasteiger partial charge in [-0.2, -0.15) is 0 Å². The largest absolute Gasteiger partial charge is 0.337 e. The molecule has 1 aliphatic carbocycles. The van der Waals surface area contributed by atoms with Crippen molar-refractivity contribution in [1.82, 2.24) is 18.9 Å². The van der Waals surface area contributed by atoms with Crippen molar-refractivity contribution in [3.8, 4) is 0 Å². The van der Waals surface area contributed by atoms with Gasteiger partial charge in [0.15, 0.2) is 0 Å². The Kier molecular flexibility index (Phi) is 5.59. The van der Waals surface area contributed by atoms with Gasteiger partial charge in [0.2, 0.25) is 10.0 Å². The number of nitrogens with zero attached hydrogens (tertiary/aromatic N) is 3. The molecule has 0 bridgehead atoms. The molecule has 184 valence electrons. The molecule has 1 aliphatic rings. The van der Waals surface area contributed by atoms with Crippen LogP contribution in [-0.4, -0.2) is 32.1 Å². The number of rotatable bonds is 5. The van der Waals surface area contributed by atoms with Crippen molar-refractivity contribution in [2.24, 2.45) is 0 Å². The van der Waals surface area contributed by atoms with Crippen LogP contribution in [0, 0.1) is 11.6 Å². The molecule has 11 heteroatoms. The van der Waals surface area contributed by atoms with E-state index < -0.39 is 32.0 Å². The van der Waals surface area contributed by atoms with Crippen molar-refractivity contribution in [1.29, 1.82) is 0 Å². The molecule has 1 atom stereocenters. The van der Waals surface area contributed by atoms with E-state index in [1.807, 2.05) is 0 Å². The number of hydrogen-bond donors (Lipinski definition) is 2. The predicted molar refractivity (Wildman–Crippen MR) is 133 cm³/mol. The zero-order valence-corrected chi connectivity index (χ0v) is 20.1. The van der Waals surface area contributed by atoms with Crippen LogP contribution >= 0.6 is 0 Å². The van der Waals surface area contributed by atoms with Crippen LogP contribution in [0.1, 0.15) is 25.8 Å². The summed E-state index contributed by atoms with van der Waals surface area (Å²) in [5, 5.41) is 3.37. The molecule has 1 aromatic carbocycles. The number of aromatic nitrogens is 4. The third-order valence-corrected chi connectivity index (χ3v) is 8.98. The van der Waals surface area contributed by atoms with Crippen molar-refractivity contribution in [3.63, 3.8) is 0 Å². The SMILES string of the molecule is CC1=CC(c2cncnc2Nc2ccc(F)cc2F)=CCC1(C)S(=O)(=O)n1ccc2cc[nH]c(=O)c21. The number of aromatic amines is 1. The summed E-state index contributed by atoms with van der Waals surface area (Å²) >= 11 is 0. The van der Waals surface area contributed by atoms with Gasteiger partial charge < -0.3 is 10.3 Å². The Labute approximate surface area is 205 Å². The van der Waals surface area contributed by atoms with Gasteiger partial charge in [-0.25, -0.2) is 31.1 Å². The van der Waals surface area contributed by atoms with E-state index in [2.05, 4.69) is 20.3 Å². The zero-order valence-electron chi connectivity index (χ0n) is 19.3. The Morgan fingerprint density at radius 2 is 2.00 bits per heavy atom. The molecule has 8 nitrogen and oxygen atoms in total. The van der Waals surface area contributed by atoms with Crippen molar-refractivity contribution >= 4 is 38.0 Å². The third kappa shape index (κ3) is 3.72. The molecule has 4 aromatic rings. The van der Waals surface area contributed by atoms with Gasteiger partial charge in [0.05, 0.1) is 5.69 Å². The number of anilines is 2. The highest BCUT2D eigenvalue weighted by Crippen LogP contribution is 2.40. The molecule has 0 saturated carbocycles. The monoisotopic (exact) mass is 509 g/mol. The Balaban J connectivity index is 1.52. The second kappa shape index (κ2) is 8.52. The number of pyridine rings is 1. The van der Waals surface area contributed by atoms with E-state index in [0.717, 1.165) is 16.1 Å². The van der Waals surface area contributed by atoms with Gasteiger partial charge in [0, 0.05) is 35.6 Å². The normalized spacial score (nSPS) is 18.1. The van der Waals surface area contributed by atoms with E-state index in [9.17, 15) is 22.0 Å². The van der Waals surface area contributed by atoms with Crippen molar-refractivity contribution in [2.75, 3.05) is 5.32 Å². The second-order valence-electron chi connectivity index (χ2n) is 8.68. The van der Waals surface area contributed by atoms with E-state index in [0.29, 0.717) is 22.1 Å². The minimum Gasteiger partial charge on any atom is -0.337 e. The molecule has 2 N–H and O–H groups in total. The highest BCUT2D eigenvalue weighted by molar-refractivity contribution is 7.91. The highest BCUT2D eigenvalue weighted by Gasteiger charge is 2.43. The molecule has 0 fully saturated rings. The lowest BCUT2D eigenvalue weighted by Crippen LogP contribution is -2.41. The molecular formula is C25H21F2N5O3S. The average Bonchev–Trinajstić information content (AvgIpc) is 3.29. The number of hydrogen-bond acceptors (Lipinski definition) is 6. The van der Waals surface area contributed by atoms with Gasteiger partial charge in [-0.05, 0) is 55.7 Å². The first-order valence-corrected chi connectivity index (χ1v) is 12.4. The van der Waals surface area contributed by atoms with Crippen LogP contribution in [0.2, 0.25) is 0 Å². The van der Waals surface area contributed by atoms with E-state index >= 15 is 0 Å². The van der Waals surface area contributed by atoms with E-state index in [-0.39, 0.29) is 23.4 Å². The number of H-pyrrole nitrogens is 1.